The zero-order valence-electron chi connectivity index (χ0n) is 13.0. The number of hydrogen-bond acceptors (Lipinski definition) is 3. The van der Waals surface area contributed by atoms with Crippen molar-refractivity contribution < 1.29 is 4.79 Å². The Bertz CT molecular complexity index is 340. The first kappa shape index (κ1) is 17.8. The van der Waals surface area contributed by atoms with Gasteiger partial charge in [0.1, 0.15) is 0 Å². The molecule has 0 bridgehead atoms. The molecule has 1 amide bonds. The van der Waals surface area contributed by atoms with Gasteiger partial charge in [0, 0.05) is 18.0 Å². The van der Waals surface area contributed by atoms with Gasteiger partial charge in [0.15, 0.2) is 0 Å². The molecule has 120 valence electrons. The normalized spacial score (nSPS) is 20.6. The number of amides is 1. The van der Waals surface area contributed by atoms with Gasteiger partial charge in [0.05, 0.1) is 5.54 Å². The van der Waals surface area contributed by atoms with Crippen LogP contribution in [-0.2, 0) is 4.79 Å². The predicted molar refractivity (Wildman–Crippen MR) is 84.7 cm³/mol. The van der Waals surface area contributed by atoms with Gasteiger partial charge in [-0.05, 0) is 18.4 Å². The summed E-state index contributed by atoms with van der Waals surface area (Å²) in [5.74, 6) is -0.263. The maximum Gasteiger partial charge on any atom is 0.237 e. The summed E-state index contributed by atoms with van der Waals surface area (Å²) in [6.07, 6.45) is 12.4. The number of azide groups is 1. The van der Waals surface area contributed by atoms with Crippen LogP contribution in [0.1, 0.15) is 70.6 Å². The first-order chi connectivity index (χ1) is 10.2. The van der Waals surface area contributed by atoms with E-state index in [-0.39, 0.29) is 5.91 Å². The molecule has 6 heteroatoms. The number of rotatable bonds is 5. The van der Waals surface area contributed by atoms with E-state index in [0.717, 1.165) is 38.5 Å². The molecule has 0 unspecified atom stereocenters. The van der Waals surface area contributed by atoms with Crippen LogP contribution in [0.5, 0.6) is 0 Å². The number of nitrogens with zero attached hydrogens (tertiary/aromatic N) is 3. The van der Waals surface area contributed by atoms with Gasteiger partial charge < -0.3 is 11.1 Å². The molecule has 21 heavy (non-hydrogen) atoms. The van der Waals surface area contributed by atoms with Gasteiger partial charge in [-0.1, -0.05) is 62.9 Å². The molecule has 1 aliphatic carbocycles. The molecule has 1 saturated carbocycles. The number of primary amides is 1. The van der Waals surface area contributed by atoms with Crippen molar-refractivity contribution in [2.45, 2.75) is 76.2 Å². The zero-order valence-corrected chi connectivity index (χ0v) is 13.0. The third-order valence-electron chi connectivity index (χ3n) is 4.42. The van der Waals surface area contributed by atoms with Crippen molar-refractivity contribution in [1.82, 2.24) is 5.32 Å². The molecule has 0 heterocycles. The summed E-state index contributed by atoms with van der Waals surface area (Å²) in [6.45, 7) is 0.860. The van der Waals surface area contributed by atoms with Crippen molar-refractivity contribution >= 4 is 5.91 Å². The summed E-state index contributed by atoms with van der Waals surface area (Å²) in [4.78, 5) is 14.8. The number of carbonyl (C=O) groups excluding carboxylic acids is 1. The molecule has 0 radical (unpaired) electrons. The first-order valence-electron chi connectivity index (χ1n) is 8.27. The van der Waals surface area contributed by atoms with Gasteiger partial charge in [0.25, 0.3) is 0 Å². The Balaban J connectivity index is 2.62. The van der Waals surface area contributed by atoms with Crippen molar-refractivity contribution in [3.8, 4) is 0 Å². The fraction of sp³-hybridized carbons (Fsp3) is 0.933. The molecule has 0 aromatic heterocycles. The van der Waals surface area contributed by atoms with E-state index in [1.165, 1.54) is 32.1 Å². The lowest BCUT2D eigenvalue weighted by atomic mass is 9.84. The van der Waals surface area contributed by atoms with Crippen molar-refractivity contribution in [2.24, 2.45) is 10.8 Å². The summed E-state index contributed by atoms with van der Waals surface area (Å²) >= 11 is 0. The molecule has 1 rings (SSSR count). The van der Waals surface area contributed by atoms with E-state index in [4.69, 9.17) is 11.3 Å². The van der Waals surface area contributed by atoms with E-state index >= 15 is 0 Å². The maximum atomic E-state index is 12.0. The topological polar surface area (TPSA) is 104 Å². The molecule has 0 spiro atoms. The standard InChI is InChI=1S/C15H29N5O/c16-14(21)15(18-12-13-19-20-17)10-8-6-4-2-1-3-5-7-9-11-15/h18H,1-13H2,(H2,16,21). The monoisotopic (exact) mass is 295 g/mol. The minimum Gasteiger partial charge on any atom is -0.368 e. The number of nitrogens with one attached hydrogen (secondary N) is 1. The second-order valence-corrected chi connectivity index (χ2v) is 6.01. The average Bonchev–Trinajstić information content (AvgIpc) is 2.45. The van der Waals surface area contributed by atoms with E-state index < -0.39 is 5.54 Å². The first-order valence-corrected chi connectivity index (χ1v) is 8.27. The fourth-order valence-electron chi connectivity index (χ4n) is 3.12. The highest BCUT2D eigenvalue weighted by Crippen LogP contribution is 2.24. The van der Waals surface area contributed by atoms with Crippen molar-refractivity contribution in [3.63, 3.8) is 0 Å². The second kappa shape index (κ2) is 10.5. The quantitative estimate of drug-likeness (QED) is 0.351. The number of carbonyl (C=O) groups is 1. The summed E-state index contributed by atoms with van der Waals surface area (Å²) in [6, 6.07) is 0. The van der Waals surface area contributed by atoms with Gasteiger partial charge in [-0.2, -0.15) is 0 Å². The van der Waals surface area contributed by atoms with Gasteiger partial charge in [-0.25, -0.2) is 0 Å². The second-order valence-electron chi connectivity index (χ2n) is 6.01. The van der Waals surface area contributed by atoms with Crippen LogP contribution in [0.2, 0.25) is 0 Å². The molecular weight excluding hydrogens is 266 g/mol. The Morgan fingerprint density at radius 3 is 1.95 bits per heavy atom. The summed E-state index contributed by atoms with van der Waals surface area (Å²) < 4.78 is 0. The van der Waals surface area contributed by atoms with Gasteiger partial charge in [0.2, 0.25) is 5.91 Å². The minimum absolute atomic E-state index is 0.263. The molecular formula is C15H29N5O. The number of hydrogen-bond donors (Lipinski definition) is 2. The SMILES string of the molecule is [N-]=[N+]=NCCNC1(C(N)=O)CCCCCCCCCCC1. The van der Waals surface area contributed by atoms with Crippen LogP contribution < -0.4 is 11.1 Å². The van der Waals surface area contributed by atoms with Crippen molar-refractivity contribution in [3.05, 3.63) is 10.4 Å². The van der Waals surface area contributed by atoms with Crippen LogP contribution in [0.3, 0.4) is 0 Å². The third kappa shape index (κ3) is 6.82. The van der Waals surface area contributed by atoms with Crippen LogP contribution in [-0.4, -0.2) is 24.5 Å². The summed E-state index contributed by atoms with van der Waals surface area (Å²) in [5.41, 5.74) is 13.4. The average molecular weight is 295 g/mol. The van der Waals surface area contributed by atoms with Crippen molar-refractivity contribution in [1.29, 1.82) is 0 Å². The smallest absolute Gasteiger partial charge is 0.237 e. The molecule has 0 aliphatic heterocycles. The molecule has 0 saturated heterocycles. The van der Waals surface area contributed by atoms with E-state index in [2.05, 4.69) is 15.3 Å². The fourth-order valence-corrected chi connectivity index (χ4v) is 3.12. The Hall–Kier alpha value is -1.26. The van der Waals surface area contributed by atoms with Crippen LogP contribution in [0.15, 0.2) is 5.11 Å². The lowest BCUT2D eigenvalue weighted by Gasteiger charge is -2.32. The highest BCUT2D eigenvalue weighted by atomic mass is 16.1. The molecule has 1 fully saturated rings. The molecule has 0 atom stereocenters. The molecule has 3 N–H and O–H groups in total. The van der Waals surface area contributed by atoms with Crippen molar-refractivity contribution in [2.75, 3.05) is 13.1 Å². The van der Waals surface area contributed by atoms with Crippen LogP contribution in [0.4, 0.5) is 0 Å². The highest BCUT2D eigenvalue weighted by molar-refractivity contribution is 5.84. The highest BCUT2D eigenvalue weighted by Gasteiger charge is 2.34. The summed E-state index contributed by atoms with van der Waals surface area (Å²) in [7, 11) is 0. The Kier molecular flexibility index (Phi) is 8.87. The van der Waals surface area contributed by atoms with E-state index in [9.17, 15) is 4.79 Å². The van der Waals surface area contributed by atoms with Crippen LogP contribution in [0, 0.1) is 0 Å². The van der Waals surface area contributed by atoms with Crippen LogP contribution >= 0.6 is 0 Å². The zero-order chi connectivity index (χ0) is 15.4. The Morgan fingerprint density at radius 1 is 1.05 bits per heavy atom. The van der Waals surface area contributed by atoms with Crippen LogP contribution in [0.25, 0.3) is 10.4 Å². The minimum atomic E-state index is -0.621. The van der Waals surface area contributed by atoms with Gasteiger partial charge >= 0.3 is 0 Å². The third-order valence-corrected chi connectivity index (χ3v) is 4.42. The summed E-state index contributed by atoms with van der Waals surface area (Å²) in [5, 5.41) is 6.80. The van der Waals surface area contributed by atoms with E-state index in [1.807, 2.05) is 0 Å². The number of nitrogens with two attached hydrogens (primary N) is 1. The van der Waals surface area contributed by atoms with Gasteiger partial charge in [-0.15, -0.1) is 0 Å². The molecule has 6 nitrogen and oxygen atoms in total. The largest absolute Gasteiger partial charge is 0.368 e. The lowest BCUT2D eigenvalue weighted by molar-refractivity contribution is -0.125. The van der Waals surface area contributed by atoms with Gasteiger partial charge in [-0.3, -0.25) is 4.79 Å². The van der Waals surface area contributed by atoms with E-state index in [1.54, 1.807) is 0 Å². The maximum absolute atomic E-state index is 12.0. The predicted octanol–water partition coefficient (Wildman–Crippen LogP) is 3.42. The Morgan fingerprint density at radius 2 is 1.52 bits per heavy atom. The molecule has 0 aromatic carbocycles. The molecule has 0 aromatic rings. The Labute approximate surface area is 127 Å². The molecule has 1 aliphatic rings. The lowest BCUT2D eigenvalue weighted by Crippen LogP contribution is -2.56. The van der Waals surface area contributed by atoms with E-state index in [0.29, 0.717) is 13.1 Å².